The van der Waals surface area contributed by atoms with Gasteiger partial charge >= 0.3 is 5.97 Å². The van der Waals surface area contributed by atoms with Gasteiger partial charge in [-0.2, -0.15) is 0 Å². The Hall–Kier alpha value is -2.42. The van der Waals surface area contributed by atoms with Gasteiger partial charge in [0.1, 0.15) is 12.0 Å². The first kappa shape index (κ1) is 13.0. The van der Waals surface area contributed by atoms with E-state index in [0.29, 0.717) is 11.3 Å². The first-order valence-electron chi connectivity index (χ1n) is 6.03. The highest BCUT2D eigenvalue weighted by Gasteiger charge is 2.09. The number of esters is 1. The third-order valence-corrected chi connectivity index (χ3v) is 2.81. The average Bonchev–Trinajstić information content (AvgIpc) is 2.47. The predicted molar refractivity (Wildman–Crippen MR) is 72.3 cm³/mol. The Kier molecular flexibility index (Phi) is 4.08. The molecule has 1 unspecified atom stereocenters. The maximum Gasteiger partial charge on any atom is 0.343 e. The van der Waals surface area contributed by atoms with Crippen molar-refractivity contribution in [2.75, 3.05) is 0 Å². The minimum atomic E-state index is -0.406. The molecule has 19 heavy (non-hydrogen) atoms. The van der Waals surface area contributed by atoms with Crippen molar-refractivity contribution < 1.29 is 14.3 Å². The molecule has 2 aromatic carbocycles. The number of carbonyl (C=O) groups excluding carboxylic acids is 2. The zero-order chi connectivity index (χ0) is 13.7. The Morgan fingerprint density at radius 1 is 1.11 bits per heavy atom. The second-order valence-corrected chi connectivity index (χ2v) is 4.25. The van der Waals surface area contributed by atoms with Gasteiger partial charge in [0.05, 0.1) is 5.56 Å². The summed E-state index contributed by atoms with van der Waals surface area (Å²) in [5, 5.41) is 0. The molecular weight excluding hydrogens is 240 g/mol. The molecule has 1 atom stereocenters. The zero-order valence-electron chi connectivity index (χ0n) is 10.6. The summed E-state index contributed by atoms with van der Waals surface area (Å²) in [4.78, 5) is 22.6. The lowest BCUT2D eigenvalue weighted by atomic mass is 10.0. The SMILES string of the molecule is CC(C=O)c1cccc(OC(=O)c2ccccc2)c1. The molecule has 2 aromatic rings. The summed E-state index contributed by atoms with van der Waals surface area (Å²) in [7, 11) is 0. The fourth-order valence-corrected chi connectivity index (χ4v) is 1.68. The van der Waals surface area contributed by atoms with Gasteiger partial charge in [0.15, 0.2) is 0 Å². The lowest BCUT2D eigenvalue weighted by Gasteiger charge is -2.08. The van der Waals surface area contributed by atoms with Crippen LogP contribution < -0.4 is 4.74 Å². The zero-order valence-corrected chi connectivity index (χ0v) is 10.6. The number of benzene rings is 2. The Morgan fingerprint density at radius 2 is 1.84 bits per heavy atom. The lowest BCUT2D eigenvalue weighted by Crippen LogP contribution is -2.08. The molecule has 3 nitrogen and oxygen atoms in total. The normalized spacial score (nSPS) is 11.6. The maximum absolute atomic E-state index is 11.9. The Morgan fingerprint density at radius 3 is 2.53 bits per heavy atom. The third kappa shape index (κ3) is 3.28. The molecule has 0 saturated carbocycles. The predicted octanol–water partition coefficient (Wildman–Crippen LogP) is 3.21. The van der Waals surface area contributed by atoms with Gasteiger partial charge in [0.2, 0.25) is 0 Å². The molecule has 0 radical (unpaired) electrons. The van der Waals surface area contributed by atoms with E-state index in [1.807, 2.05) is 12.1 Å². The molecule has 0 bridgehead atoms. The molecule has 0 aromatic heterocycles. The summed E-state index contributed by atoms with van der Waals surface area (Å²) in [5.41, 5.74) is 1.32. The fraction of sp³-hybridized carbons (Fsp3) is 0.125. The van der Waals surface area contributed by atoms with E-state index in [1.54, 1.807) is 49.4 Å². The first-order valence-corrected chi connectivity index (χ1v) is 6.03. The molecule has 0 aliphatic rings. The van der Waals surface area contributed by atoms with E-state index in [9.17, 15) is 9.59 Å². The lowest BCUT2D eigenvalue weighted by molar-refractivity contribution is -0.108. The molecule has 3 heteroatoms. The van der Waals surface area contributed by atoms with Crippen LogP contribution >= 0.6 is 0 Å². The minimum absolute atomic E-state index is 0.213. The van der Waals surface area contributed by atoms with Crippen molar-refractivity contribution >= 4 is 12.3 Å². The van der Waals surface area contributed by atoms with Gasteiger partial charge in [-0.25, -0.2) is 4.79 Å². The van der Waals surface area contributed by atoms with Gasteiger partial charge in [0, 0.05) is 5.92 Å². The van der Waals surface area contributed by atoms with Crippen molar-refractivity contribution in [2.45, 2.75) is 12.8 Å². The summed E-state index contributed by atoms with van der Waals surface area (Å²) in [6.45, 7) is 1.80. The van der Waals surface area contributed by atoms with Gasteiger partial charge in [-0.15, -0.1) is 0 Å². The van der Waals surface area contributed by atoms with E-state index in [-0.39, 0.29) is 5.92 Å². The molecule has 0 spiro atoms. The van der Waals surface area contributed by atoms with Crippen molar-refractivity contribution in [1.82, 2.24) is 0 Å². The highest BCUT2D eigenvalue weighted by atomic mass is 16.5. The quantitative estimate of drug-likeness (QED) is 0.478. The van der Waals surface area contributed by atoms with Gasteiger partial charge in [-0.1, -0.05) is 37.3 Å². The maximum atomic E-state index is 11.9. The van der Waals surface area contributed by atoms with Crippen LogP contribution in [0.4, 0.5) is 0 Å². The van der Waals surface area contributed by atoms with Crippen molar-refractivity contribution in [3.63, 3.8) is 0 Å². The van der Waals surface area contributed by atoms with Gasteiger partial charge in [-0.3, -0.25) is 0 Å². The summed E-state index contributed by atoms with van der Waals surface area (Å²) in [6, 6.07) is 15.8. The second kappa shape index (κ2) is 5.96. The Bertz CT molecular complexity index is 576. The number of aldehydes is 1. The van der Waals surface area contributed by atoms with E-state index < -0.39 is 5.97 Å². The second-order valence-electron chi connectivity index (χ2n) is 4.25. The molecule has 0 aliphatic carbocycles. The number of rotatable bonds is 4. The molecule has 0 N–H and O–H groups in total. The number of ether oxygens (including phenoxy) is 1. The van der Waals surface area contributed by atoms with E-state index in [0.717, 1.165) is 11.8 Å². The van der Waals surface area contributed by atoms with Crippen LogP contribution in [0.25, 0.3) is 0 Å². The standard InChI is InChI=1S/C16H14O3/c1-12(11-17)14-8-5-9-15(10-14)19-16(18)13-6-3-2-4-7-13/h2-12H,1H3. The molecule has 0 fully saturated rings. The Balaban J connectivity index is 2.15. The molecule has 0 heterocycles. The Labute approximate surface area is 111 Å². The van der Waals surface area contributed by atoms with Crippen LogP contribution in [0, 0.1) is 0 Å². The third-order valence-electron chi connectivity index (χ3n) is 2.81. The van der Waals surface area contributed by atoms with Crippen LogP contribution in [0.15, 0.2) is 54.6 Å². The van der Waals surface area contributed by atoms with Crippen LogP contribution in [-0.2, 0) is 4.79 Å². The van der Waals surface area contributed by atoms with Gasteiger partial charge < -0.3 is 9.53 Å². The van der Waals surface area contributed by atoms with Crippen LogP contribution in [0.5, 0.6) is 5.75 Å². The fourth-order valence-electron chi connectivity index (χ4n) is 1.68. The van der Waals surface area contributed by atoms with Crippen LogP contribution in [0.2, 0.25) is 0 Å². The van der Waals surface area contributed by atoms with Gasteiger partial charge in [-0.05, 0) is 29.8 Å². The number of hydrogen-bond acceptors (Lipinski definition) is 3. The van der Waals surface area contributed by atoms with Crippen molar-refractivity contribution in [1.29, 1.82) is 0 Å². The summed E-state index contributed by atoms with van der Waals surface area (Å²) < 4.78 is 5.28. The highest BCUT2D eigenvalue weighted by Crippen LogP contribution is 2.20. The molecule has 0 amide bonds. The van der Waals surface area contributed by atoms with Crippen molar-refractivity contribution in [3.8, 4) is 5.75 Å². The molecular formula is C16H14O3. The minimum Gasteiger partial charge on any atom is -0.423 e. The van der Waals surface area contributed by atoms with E-state index in [1.165, 1.54) is 0 Å². The largest absolute Gasteiger partial charge is 0.423 e. The summed E-state index contributed by atoms with van der Waals surface area (Å²) >= 11 is 0. The monoisotopic (exact) mass is 254 g/mol. The molecule has 0 aliphatic heterocycles. The summed E-state index contributed by atoms with van der Waals surface area (Å²) in [5.74, 6) is -0.174. The van der Waals surface area contributed by atoms with E-state index >= 15 is 0 Å². The van der Waals surface area contributed by atoms with Gasteiger partial charge in [0.25, 0.3) is 0 Å². The topological polar surface area (TPSA) is 43.4 Å². The molecule has 0 saturated heterocycles. The van der Waals surface area contributed by atoms with Crippen LogP contribution in [0.1, 0.15) is 28.8 Å². The van der Waals surface area contributed by atoms with Crippen molar-refractivity contribution in [3.05, 3.63) is 65.7 Å². The average molecular weight is 254 g/mol. The highest BCUT2D eigenvalue weighted by molar-refractivity contribution is 5.91. The van der Waals surface area contributed by atoms with Crippen molar-refractivity contribution in [2.24, 2.45) is 0 Å². The molecule has 2 rings (SSSR count). The first-order chi connectivity index (χ1) is 9.20. The van der Waals surface area contributed by atoms with Crippen LogP contribution in [0.3, 0.4) is 0 Å². The number of carbonyl (C=O) groups is 2. The molecule has 96 valence electrons. The van der Waals surface area contributed by atoms with E-state index in [2.05, 4.69) is 0 Å². The number of hydrogen-bond donors (Lipinski definition) is 0. The van der Waals surface area contributed by atoms with Crippen LogP contribution in [-0.4, -0.2) is 12.3 Å². The van der Waals surface area contributed by atoms with E-state index in [4.69, 9.17) is 4.74 Å². The smallest absolute Gasteiger partial charge is 0.343 e. The summed E-state index contributed by atoms with van der Waals surface area (Å²) in [6.07, 6.45) is 0.859.